The van der Waals surface area contributed by atoms with E-state index < -0.39 is 16.4 Å². The number of hydrogen-bond donors (Lipinski definition) is 3. The first kappa shape index (κ1) is 12.6. The molecular weight excluding hydrogens is 234 g/mol. The molecule has 16 heavy (non-hydrogen) atoms. The Hall–Kier alpha value is -1.48. The molecule has 1 amide bonds. The monoisotopic (exact) mass is 246 g/mol. The maximum Gasteiger partial charge on any atom is 0.484 e. The molecule has 0 saturated heterocycles. The highest BCUT2D eigenvalue weighted by molar-refractivity contribution is 7.93. The Balaban J connectivity index is 3.28. The van der Waals surface area contributed by atoms with Gasteiger partial charge in [0, 0.05) is 18.7 Å². The van der Waals surface area contributed by atoms with Gasteiger partial charge in [0.25, 0.3) is 4.90 Å². The summed E-state index contributed by atoms with van der Waals surface area (Å²) in [6, 6.07) is 4.03. The lowest BCUT2D eigenvalue weighted by Crippen LogP contribution is -2.52. The van der Waals surface area contributed by atoms with Crippen LogP contribution in [0.15, 0.2) is 23.1 Å². The summed E-state index contributed by atoms with van der Waals surface area (Å²) >= 11 is 0. The molecule has 1 aromatic carbocycles. The van der Waals surface area contributed by atoms with E-state index in [1.807, 2.05) is 0 Å². The van der Waals surface area contributed by atoms with Crippen molar-refractivity contribution >= 4 is 27.8 Å². The number of benzene rings is 1. The molecule has 0 bridgehead atoms. The van der Waals surface area contributed by atoms with Crippen LogP contribution < -0.4 is 16.9 Å². The maximum absolute atomic E-state index is 11.5. The number of quaternary nitrogens is 1. The largest absolute Gasteiger partial charge is 0.484 e. The summed E-state index contributed by atoms with van der Waals surface area (Å²) in [6.07, 6.45) is 0. The molecular formula is C8H12N3O4S+2. The molecule has 0 fully saturated rings. The number of amides is 1. The van der Waals surface area contributed by atoms with Crippen molar-refractivity contribution in [2.24, 2.45) is 0 Å². The SMILES string of the molecule is CC(=O)Nc1ccc(N)cc1[S+]([O])(=O)O[NH3+]. The summed E-state index contributed by atoms with van der Waals surface area (Å²) in [5, 5.41) is 2.36. The molecule has 0 aliphatic heterocycles. The summed E-state index contributed by atoms with van der Waals surface area (Å²) in [4.78, 5) is 10.6. The van der Waals surface area contributed by atoms with Crippen LogP contribution in [-0.4, -0.2) is 5.91 Å². The van der Waals surface area contributed by atoms with Crippen molar-refractivity contribution in [3.05, 3.63) is 18.2 Å². The third-order valence-corrected chi connectivity index (χ3v) is 2.93. The van der Waals surface area contributed by atoms with Crippen LogP contribution in [0.1, 0.15) is 6.92 Å². The number of carbonyl (C=O) groups excluding carboxylic acids is 1. The number of hydrogen-bond acceptors (Lipinski definition) is 4. The van der Waals surface area contributed by atoms with Crippen molar-refractivity contribution in [3.63, 3.8) is 0 Å². The number of nitrogen functional groups attached to an aromatic ring is 1. The van der Waals surface area contributed by atoms with E-state index in [2.05, 4.69) is 15.5 Å². The molecule has 0 heterocycles. The van der Waals surface area contributed by atoms with Crippen molar-refractivity contribution in [2.75, 3.05) is 11.1 Å². The zero-order valence-corrected chi connectivity index (χ0v) is 9.37. The van der Waals surface area contributed by atoms with Gasteiger partial charge in [0.05, 0.1) is 8.84 Å². The fraction of sp³-hybridized carbons (Fsp3) is 0.125. The molecule has 1 atom stereocenters. The third-order valence-electron chi connectivity index (χ3n) is 1.74. The zero-order chi connectivity index (χ0) is 12.3. The fourth-order valence-electron chi connectivity index (χ4n) is 1.10. The zero-order valence-electron chi connectivity index (χ0n) is 8.56. The van der Waals surface area contributed by atoms with E-state index in [-0.39, 0.29) is 16.3 Å². The first-order valence-corrected chi connectivity index (χ1v) is 5.63. The van der Waals surface area contributed by atoms with Gasteiger partial charge < -0.3 is 11.1 Å². The summed E-state index contributed by atoms with van der Waals surface area (Å²) in [5.41, 5.74) is 5.80. The molecule has 8 heteroatoms. The number of anilines is 2. The van der Waals surface area contributed by atoms with Gasteiger partial charge in [0.1, 0.15) is 5.69 Å². The molecule has 7 nitrogen and oxygen atoms in total. The summed E-state index contributed by atoms with van der Waals surface area (Å²) in [7, 11) is -4.00. The van der Waals surface area contributed by atoms with Gasteiger partial charge in [0.2, 0.25) is 5.91 Å². The van der Waals surface area contributed by atoms with Gasteiger partial charge in [-0.3, -0.25) is 4.79 Å². The van der Waals surface area contributed by atoms with E-state index >= 15 is 0 Å². The van der Waals surface area contributed by atoms with E-state index in [4.69, 9.17) is 5.73 Å². The van der Waals surface area contributed by atoms with Crippen molar-refractivity contribution in [1.29, 1.82) is 0 Å². The van der Waals surface area contributed by atoms with E-state index in [0.29, 0.717) is 0 Å². The van der Waals surface area contributed by atoms with Crippen LogP contribution in [0, 0.1) is 0 Å². The lowest BCUT2D eigenvalue weighted by molar-refractivity contribution is -0.637. The number of carbonyl (C=O) groups is 1. The van der Waals surface area contributed by atoms with Crippen LogP contribution in [0.25, 0.3) is 0 Å². The van der Waals surface area contributed by atoms with Gasteiger partial charge in [-0.1, -0.05) is 0 Å². The Morgan fingerprint density at radius 1 is 1.56 bits per heavy atom. The van der Waals surface area contributed by atoms with Gasteiger partial charge in [-0.25, -0.2) is 0 Å². The molecule has 0 aromatic heterocycles. The molecule has 1 radical (unpaired) electrons. The molecule has 87 valence electrons. The van der Waals surface area contributed by atoms with Crippen LogP contribution in [-0.2, 0) is 28.3 Å². The summed E-state index contributed by atoms with van der Waals surface area (Å²) in [6.45, 7) is 1.26. The minimum atomic E-state index is -4.00. The summed E-state index contributed by atoms with van der Waals surface area (Å²) < 4.78 is 27.0. The molecule has 6 N–H and O–H groups in total. The second kappa shape index (κ2) is 4.58. The van der Waals surface area contributed by atoms with Crippen molar-refractivity contribution in [2.45, 2.75) is 11.8 Å². The van der Waals surface area contributed by atoms with E-state index in [1.165, 1.54) is 25.1 Å². The molecule has 1 unspecified atom stereocenters. The molecule has 0 aliphatic rings. The number of nitrogens with two attached hydrogens (primary N) is 1. The Bertz CT molecular complexity index is 463. The standard InChI is InChI=1S/C8H11N3O4S/c1-5(12)11-7-3-2-6(9)4-8(7)16(13,14)15-10/h2-4H,9H2,1,10H3/q+1/p+1. The highest BCUT2D eigenvalue weighted by atomic mass is 32.3. The molecule has 0 spiro atoms. The highest BCUT2D eigenvalue weighted by Gasteiger charge is 2.40. The van der Waals surface area contributed by atoms with Gasteiger partial charge in [-0.15, -0.1) is 0 Å². The van der Waals surface area contributed by atoms with Crippen LogP contribution in [0.3, 0.4) is 0 Å². The third kappa shape index (κ3) is 2.76. The van der Waals surface area contributed by atoms with Crippen LogP contribution in [0.5, 0.6) is 0 Å². The second-order valence-corrected chi connectivity index (χ2v) is 4.59. The predicted octanol–water partition coefficient (Wildman–Crippen LogP) is -0.480. The van der Waals surface area contributed by atoms with Crippen molar-refractivity contribution < 1.29 is 23.7 Å². The summed E-state index contributed by atoms with van der Waals surface area (Å²) in [5.74, 6) is 2.44. The Morgan fingerprint density at radius 3 is 2.69 bits per heavy atom. The van der Waals surface area contributed by atoms with Gasteiger partial charge in [-0.2, -0.15) is 5.90 Å². The van der Waals surface area contributed by atoms with E-state index in [0.717, 1.165) is 0 Å². The Labute approximate surface area is 93.2 Å². The molecule has 1 aromatic rings. The van der Waals surface area contributed by atoms with Crippen molar-refractivity contribution in [1.82, 2.24) is 0 Å². The first-order chi connectivity index (χ1) is 7.36. The Morgan fingerprint density at radius 2 is 2.19 bits per heavy atom. The Kier molecular flexibility index (Phi) is 3.60. The average molecular weight is 246 g/mol. The molecule has 0 aliphatic carbocycles. The average Bonchev–Trinajstić information content (AvgIpc) is 2.20. The number of rotatable bonds is 3. The molecule has 1 rings (SSSR count). The van der Waals surface area contributed by atoms with Crippen molar-refractivity contribution in [3.8, 4) is 0 Å². The van der Waals surface area contributed by atoms with Crippen LogP contribution in [0.4, 0.5) is 11.4 Å². The topological polar surface area (TPSA) is 129 Å². The van der Waals surface area contributed by atoms with Gasteiger partial charge in [0.15, 0.2) is 0 Å². The highest BCUT2D eigenvalue weighted by Crippen LogP contribution is 2.28. The lowest BCUT2D eigenvalue weighted by atomic mass is 10.3. The van der Waals surface area contributed by atoms with Gasteiger partial charge >= 0.3 is 10.5 Å². The van der Waals surface area contributed by atoms with Gasteiger partial charge in [-0.05, 0) is 16.3 Å². The predicted molar refractivity (Wildman–Crippen MR) is 56.1 cm³/mol. The first-order valence-electron chi connectivity index (χ1n) is 4.22. The quantitative estimate of drug-likeness (QED) is 0.378. The minimum absolute atomic E-state index is 0.102. The lowest BCUT2D eigenvalue weighted by Gasteiger charge is -2.05. The maximum atomic E-state index is 11.5. The van der Waals surface area contributed by atoms with E-state index in [9.17, 15) is 13.6 Å². The van der Waals surface area contributed by atoms with Crippen LogP contribution in [0.2, 0.25) is 0 Å². The normalized spacial score (nSPS) is 14.2. The molecule has 0 saturated carbocycles. The smallest absolute Gasteiger partial charge is 0.399 e. The van der Waals surface area contributed by atoms with E-state index in [1.54, 1.807) is 0 Å². The number of nitrogens with one attached hydrogen (secondary N) is 1. The fourth-order valence-corrected chi connectivity index (χ4v) is 1.90. The second-order valence-electron chi connectivity index (χ2n) is 3.01. The van der Waals surface area contributed by atoms with Crippen LogP contribution >= 0.6 is 0 Å². The minimum Gasteiger partial charge on any atom is -0.399 e.